The molecule has 8 heteroatoms. The second-order valence-corrected chi connectivity index (χ2v) is 2.19. The fourth-order valence-corrected chi connectivity index (χ4v) is 0.391. The van der Waals surface area contributed by atoms with Gasteiger partial charge in [-0.1, -0.05) is 0 Å². The van der Waals surface area contributed by atoms with Crippen LogP contribution >= 0.6 is 0 Å². The first-order chi connectivity index (χ1) is 3.92. The summed E-state index contributed by atoms with van der Waals surface area (Å²) in [6, 6.07) is 0. The number of primary amides is 1. The molecule has 0 aromatic rings. The van der Waals surface area contributed by atoms with E-state index in [0.717, 1.165) is 0 Å². The van der Waals surface area contributed by atoms with Crippen LogP contribution in [0.4, 0.5) is 0 Å². The molecule has 10 heavy (non-hydrogen) atoms. The molecule has 0 aliphatic rings. The van der Waals surface area contributed by atoms with E-state index >= 15 is 0 Å². The van der Waals surface area contributed by atoms with Gasteiger partial charge in [-0.2, -0.15) is 0 Å². The number of hydrogen-bond donors (Lipinski definition) is 1. The zero-order valence-corrected chi connectivity index (χ0v) is 8.05. The second kappa shape index (κ2) is 5.05. The van der Waals surface area contributed by atoms with E-state index in [-0.39, 0.29) is 29.6 Å². The van der Waals surface area contributed by atoms with E-state index in [1.807, 2.05) is 0 Å². The topological polar surface area (TPSA) is 110 Å². The van der Waals surface area contributed by atoms with Crippen molar-refractivity contribution in [1.82, 2.24) is 0 Å². The van der Waals surface area contributed by atoms with Crippen LogP contribution < -0.4 is 35.3 Å². The van der Waals surface area contributed by atoms with E-state index in [1.54, 1.807) is 0 Å². The van der Waals surface area contributed by atoms with Crippen molar-refractivity contribution in [3.63, 3.8) is 0 Å². The van der Waals surface area contributed by atoms with E-state index < -0.39 is 22.9 Å². The molecule has 0 fully saturated rings. The van der Waals surface area contributed by atoms with Gasteiger partial charge in [-0.05, 0) is 0 Å². The molecule has 0 saturated carbocycles. The van der Waals surface area contributed by atoms with E-state index in [9.17, 15) is 17.8 Å². The molecule has 0 spiro atoms. The van der Waals surface area contributed by atoms with Gasteiger partial charge < -0.3 is 10.3 Å². The Hall–Kier alpha value is 0.340. The number of carbonyl (C=O) groups excluding carboxylic acids is 1. The summed E-state index contributed by atoms with van der Waals surface area (Å²) in [5.74, 6) is -1.01. The van der Waals surface area contributed by atoms with E-state index in [0.29, 0.717) is 0 Å². The fraction of sp³-hybridized carbons (Fsp3) is 0.500. The predicted octanol–water partition coefficient (Wildman–Crippen LogP) is -5.05. The van der Waals surface area contributed by atoms with Crippen molar-refractivity contribution in [2.45, 2.75) is 0 Å². The summed E-state index contributed by atoms with van der Waals surface area (Å²) < 4.78 is 32.1. The first-order valence-electron chi connectivity index (χ1n) is 1.80. The molecule has 0 saturated heterocycles. The molecule has 2 N–H and O–H groups in total. The Morgan fingerprint density at radius 3 is 2.10 bits per heavy atom. The molecule has 0 aromatic heterocycles. The van der Waals surface area contributed by atoms with Crippen molar-refractivity contribution in [3.05, 3.63) is 0 Å². The summed E-state index contributed by atoms with van der Waals surface area (Å²) >= 11 is 0. The number of nitrogens with two attached hydrogens (primary N) is 1. The van der Waals surface area contributed by atoms with Crippen molar-refractivity contribution < 1.29 is 51.5 Å². The minimum Gasteiger partial charge on any atom is -0.726 e. The molecule has 6 nitrogen and oxygen atoms in total. The van der Waals surface area contributed by atoms with Gasteiger partial charge in [-0.25, -0.2) is 8.42 Å². The van der Waals surface area contributed by atoms with Crippen molar-refractivity contribution >= 4 is 16.3 Å². The largest absolute Gasteiger partial charge is 1.00 e. The van der Waals surface area contributed by atoms with Gasteiger partial charge in [0.2, 0.25) is 16.3 Å². The maximum Gasteiger partial charge on any atom is 1.00 e. The van der Waals surface area contributed by atoms with E-state index in [4.69, 9.17) is 0 Å². The second-order valence-electron chi connectivity index (χ2n) is 1.14. The monoisotopic (exact) mass is 177 g/mol. The number of hydrogen-bond acceptors (Lipinski definition) is 5. The van der Waals surface area contributed by atoms with Gasteiger partial charge in [0.25, 0.3) is 0 Å². The Kier molecular flexibility index (Phi) is 6.55. The Morgan fingerprint density at radius 2 is 2.00 bits per heavy atom. The molecular formula is C2H4NNaO5S. The molecule has 54 valence electrons. The Bertz CT molecular complexity index is 198. The van der Waals surface area contributed by atoms with Gasteiger partial charge in [0, 0.05) is 0 Å². The van der Waals surface area contributed by atoms with Crippen LogP contribution in [0.25, 0.3) is 0 Å². The summed E-state index contributed by atoms with van der Waals surface area (Å²) in [5.41, 5.74) is 4.43. The van der Waals surface area contributed by atoms with Gasteiger partial charge >= 0.3 is 29.6 Å². The SMILES string of the molecule is NC(=O)COS(=O)(=O)[O-].[Na+]. The smallest absolute Gasteiger partial charge is 0.726 e. The van der Waals surface area contributed by atoms with Gasteiger partial charge in [-0.15, -0.1) is 0 Å². The van der Waals surface area contributed by atoms with Crippen molar-refractivity contribution in [2.24, 2.45) is 5.73 Å². The van der Waals surface area contributed by atoms with Crippen LogP contribution in [0, 0.1) is 0 Å². The molecule has 1 amide bonds. The first kappa shape index (κ1) is 13.0. The predicted molar refractivity (Wildman–Crippen MR) is 24.8 cm³/mol. The maximum atomic E-state index is 9.74. The third kappa shape index (κ3) is 11.2. The van der Waals surface area contributed by atoms with Crippen LogP contribution in [0.15, 0.2) is 0 Å². The molecule has 0 atom stereocenters. The van der Waals surface area contributed by atoms with Gasteiger partial charge in [0.1, 0.15) is 6.61 Å². The van der Waals surface area contributed by atoms with Crippen LogP contribution in [0.1, 0.15) is 0 Å². The van der Waals surface area contributed by atoms with Crippen LogP contribution in [0.2, 0.25) is 0 Å². The molecule has 0 unspecified atom stereocenters. The molecule has 0 radical (unpaired) electrons. The van der Waals surface area contributed by atoms with Gasteiger partial charge in [0.15, 0.2) is 0 Å². The zero-order valence-electron chi connectivity index (χ0n) is 5.23. The summed E-state index contributed by atoms with van der Waals surface area (Å²) in [6.45, 7) is -0.897. The van der Waals surface area contributed by atoms with E-state index in [1.165, 1.54) is 0 Å². The molecule has 0 heterocycles. The van der Waals surface area contributed by atoms with Crippen LogP contribution in [0.5, 0.6) is 0 Å². The normalized spacial score (nSPS) is 10.1. The maximum absolute atomic E-state index is 9.74. The third-order valence-electron chi connectivity index (χ3n) is 0.346. The van der Waals surface area contributed by atoms with Gasteiger partial charge in [-0.3, -0.25) is 8.98 Å². The van der Waals surface area contributed by atoms with E-state index in [2.05, 4.69) is 9.92 Å². The zero-order chi connectivity index (χ0) is 7.49. The van der Waals surface area contributed by atoms with Crippen LogP contribution in [-0.2, 0) is 19.4 Å². The molecule has 0 aliphatic heterocycles. The van der Waals surface area contributed by atoms with Crippen molar-refractivity contribution in [3.8, 4) is 0 Å². The number of carbonyl (C=O) groups is 1. The molecule has 0 rings (SSSR count). The average Bonchev–Trinajstić information content (AvgIpc) is 1.59. The summed E-state index contributed by atoms with van der Waals surface area (Å²) in [5, 5.41) is 0. The van der Waals surface area contributed by atoms with Crippen molar-refractivity contribution in [2.75, 3.05) is 6.61 Å². The van der Waals surface area contributed by atoms with Gasteiger partial charge in [0.05, 0.1) is 0 Å². The molecule has 0 bridgehead atoms. The Balaban J connectivity index is 0. The average molecular weight is 177 g/mol. The number of amides is 1. The standard InChI is InChI=1S/C2H5NO5S.Na/c3-2(4)1-8-9(5,6)7;/h1H2,(H2,3,4)(H,5,6,7);/q;+1/p-1. The number of rotatable bonds is 3. The summed E-state index contributed by atoms with van der Waals surface area (Å²) in [4.78, 5) is 9.74. The first-order valence-corrected chi connectivity index (χ1v) is 3.14. The van der Waals surface area contributed by atoms with Crippen molar-refractivity contribution in [1.29, 1.82) is 0 Å². The minimum absolute atomic E-state index is 0. The van der Waals surface area contributed by atoms with Crippen LogP contribution in [-0.4, -0.2) is 25.5 Å². The van der Waals surface area contributed by atoms with Crippen LogP contribution in [0.3, 0.4) is 0 Å². The quantitative estimate of drug-likeness (QED) is 0.263. The fourth-order valence-electron chi connectivity index (χ4n) is 0.130. The molecule has 0 aromatic carbocycles. The Morgan fingerprint density at radius 1 is 1.60 bits per heavy atom. The molecular weight excluding hydrogens is 173 g/mol. The summed E-state index contributed by atoms with van der Waals surface area (Å²) in [7, 11) is -4.77. The molecule has 0 aliphatic carbocycles. The third-order valence-corrected chi connectivity index (χ3v) is 0.752. The summed E-state index contributed by atoms with van der Waals surface area (Å²) in [6.07, 6.45) is 0. The minimum atomic E-state index is -4.77. The Labute approximate surface area is 80.0 Å².